The standard InChI is InChI=1S/C21H21NO5/c1-22-12-16(21(23)24)15-9-13(7-8-17(15)22)5-6-14-10-18(25-2)20(27-4)19(11-14)26-3/h5-12H,1-4H3,(H,23,24)/b6-5-. The summed E-state index contributed by atoms with van der Waals surface area (Å²) in [4.78, 5) is 11.4. The van der Waals surface area contributed by atoms with Crippen molar-refractivity contribution in [2.75, 3.05) is 21.3 Å². The number of benzene rings is 2. The molecule has 3 aromatic rings. The predicted molar refractivity (Wildman–Crippen MR) is 105 cm³/mol. The lowest BCUT2D eigenvalue weighted by atomic mass is 10.1. The second-order valence-electron chi connectivity index (χ2n) is 6.03. The number of carboxylic acids is 1. The third-order valence-corrected chi connectivity index (χ3v) is 4.40. The van der Waals surface area contributed by atoms with E-state index in [2.05, 4.69) is 0 Å². The van der Waals surface area contributed by atoms with Crippen LogP contribution in [-0.4, -0.2) is 37.0 Å². The molecule has 0 spiro atoms. The van der Waals surface area contributed by atoms with Crippen LogP contribution in [0.1, 0.15) is 21.5 Å². The third-order valence-electron chi connectivity index (χ3n) is 4.40. The SMILES string of the molecule is COc1cc(/C=C\c2ccc3c(c2)c(C(=O)O)cn3C)cc(OC)c1OC. The molecule has 1 heterocycles. The van der Waals surface area contributed by atoms with E-state index < -0.39 is 5.97 Å². The third kappa shape index (κ3) is 3.46. The summed E-state index contributed by atoms with van der Waals surface area (Å²) in [6, 6.07) is 9.43. The van der Waals surface area contributed by atoms with E-state index in [4.69, 9.17) is 14.2 Å². The molecule has 6 heteroatoms. The van der Waals surface area contributed by atoms with Crippen LogP contribution in [0, 0.1) is 0 Å². The number of hydrogen-bond donors (Lipinski definition) is 1. The van der Waals surface area contributed by atoms with Crippen molar-refractivity contribution in [3.8, 4) is 17.2 Å². The molecule has 1 N–H and O–H groups in total. The van der Waals surface area contributed by atoms with E-state index in [1.165, 1.54) is 0 Å². The fraction of sp³-hybridized carbons (Fsp3) is 0.190. The average Bonchev–Trinajstić information content (AvgIpc) is 3.01. The van der Waals surface area contributed by atoms with Gasteiger partial charge in [0, 0.05) is 24.1 Å². The molecule has 0 saturated heterocycles. The molecule has 0 aliphatic rings. The predicted octanol–water partition coefficient (Wildman–Crippen LogP) is 4.07. The zero-order valence-corrected chi connectivity index (χ0v) is 15.6. The number of aromatic carboxylic acids is 1. The average molecular weight is 367 g/mol. The second-order valence-corrected chi connectivity index (χ2v) is 6.03. The Morgan fingerprint density at radius 3 is 2.15 bits per heavy atom. The molecule has 0 unspecified atom stereocenters. The van der Waals surface area contributed by atoms with Crippen LogP contribution in [0.5, 0.6) is 17.2 Å². The Kier molecular flexibility index (Phi) is 5.07. The highest BCUT2D eigenvalue weighted by atomic mass is 16.5. The number of rotatable bonds is 6. The maximum absolute atomic E-state index is 11.4. The minimum atomic E-state index is -0.939. The number of fused-ring (bicyclic) bond motifs is 1. The molecule has 0 fully saturated rings. The van der Waals surface area contributed by atoms with Crippen LogP contribution in [0.2, 0.25) is 0 Å². The molecule has 2 aromatic carbocycles. The summed E-state index contributed by atoms with van der Waals surface area (Å²) in [6.07, 6.45) is 5.45. The van der Waals surface area contributed by atoms with Crippen molar-refractivity contribution in [2.24, 2.45) is 7.05 Å². The van der Waals surface area contributed by atoms with Gasteiger partial charge in [-0.15, -0.1) is 0 Å². The maximum Gasteiger partial charge on any atom is 0.337 e. The number of aromatic nitrogens is 1. The molecule has 1 aromatic heterocycles. The van der Waals surface area contributed by atoms with Gasteiger partial charge >= 0.3 is 5.97 Å². The van der Waals surface area contributed by atoms with Crippen LogP contribution in [0.3, 0.4) is 0 Å². The normalized spacial score (nSPS) is 11.1. The van der Waals surface area contributed by atoms with Gasteiger partial charge in [0.15, 0.2) is 11.5 Å². The first kappa shape index (κ1) is 18.4. The number of aryl methyl sites for hydroxylation is 1. The minimum absolute atomic E-state index is 0.288. The first-order chi connectivity index (χ1) is 13.0. The molecule has 0 aliphatic carbocycles. The van der Waals surface area contributed by atoms with E-state index in [1.807, 2.05) is 54.1 Å². The zero-order chi connectivity index (χ0) is 19.6. The highest BCUT2D eigenvalue weighted by molar-refractivity contribution is 6.04. The van der Waals surface area contributed by atoms with E-state index in [9.17, 15) is 9.90 Å². The molecule has 0 amide bonds. The highest BCUT2D eigenvalue weighted by Crippen LogP contribution is 2.38. The molecule has 27 heavy (non-hydrogen) atoms. The Morgan fingerprint density at radius 2 is 1.59 bits per heavy atom. The van der Waals surface area contributed by atoms with Crippen molar-refractivity contribution in [3.05, 3.63) is 53.2 Å². The summed E-state index contributed by atoms with van der Waals surface area (Å²) >= 11 is 0. The summed E-state index contributed by atoms with van der Waals surface area (Å²) < 4.78 is 17.9. The molecule has 0 atom stereocenters. The van der Waals surface area contributed by atoms with Crippen LogP contribution in [0.15, 0.2) is 36.5 Å². The van der Waals surface area contributed by atoms with Gasteiger partial charge in [-0.1, -0.05) is 18.2 Å². The van der Waals surface area contributed by atoms with Crippen LogP contribution >= 0.6 is 0 Å². The monoisotopic (exact) mass is 367 g/mol. The molecule has 0 aliphatic heterocycles. The lowest BCUT2D eigenvalue weighted by molar-refractivity contribution is 0.0699. The minimum Gasteiger partial charge on any atom is -0.493 e. The van der Waals surface area contributed by atoms with E-state index in [-0.39, 0.29) is 5.56 Å². The summed E-state index contributed by atoms with van der Waals surface area (Å²) in [6.45, 7) is 0. The molecule has 3 rings (SSSR count). The van der Waals surface area contributed by atoms with Gasteiger partial charge in [-0.25, -0.2) is 4.79 Å². The van der Waals surface area contributed by atoms with Gasteiger partial charge < -0.3 is 23.9 Å². The van der Waals surface area contributed by atoms with Crippen molar-refractivity contribution in [2.45, 2.75) is 0 Å². The van der Waals surface area contributed by atoms with Crippen LogP contribution in [0.25, 0.3) is 23.1 Å². The van der Waals surface area contributed by atoms with E-state index >= 15 is 0 Å². The molecule has 0 bridgehead atoms. The molecule has 0 radical (unpaired) electrons. The fourth-order valence-electron chi connectivity index (χ4n) is 3.07. The van der Waals surface area contributed by atoms with E-state index in [0.29, 0.717) is 22.6 Å². The Balaban J connectivity index is 2.01. The summed E-state index contributed by atoms with van der Waals surface area (Å²) in [5, 5.41) is 10.1. The second kappa shape index (κ2) is 7.45. The van der Waals surface area contributed by atoms with Crippen LogP contribution < -0.4 is 14.2 Å². The van der Waals surface area contributed by atoms with Crippen LogP contribution in [-0.2, 0) is 7.05 Å². The first-order valence-electron chi connectivity index (χ1n) is 8.29. The van der Waals surface area contributed by atoms with Gasteiger partial charge in [0.25, 0.3) is 0 Å². The molecule has 140 valence electrons. The number of hydrogen-bond acceptors (Lipinski definition) is 4. The van der Waals surface area contributed by atoms with Crippen LogP contribution in [0.4, 0.5) is 0 Å². The molecular weight excluding hydrogens is 346 g/mol. The number of nitrogens with zero attached hydrogens (tertiary/aromatic N) is 1. The van der Waals surface area contributed by atoms with Crippen molar-refractivity contribution in [1.29, 1.82) is 0 Å². The van der Waals surface area contributed by atoms with Gasteiger partial charge in [-0.05, 0) is 35.4 Å². The Hall–Kier alpha value is -3.41. The van der Waals surface area contributed by atoms with E-state index in [1.54, 1.807) is 27.5 Å². The molecular formula is C21H21NO5. The Bertz CT molecular complexity index is 1010. The Labute approximate surface area is 157 Å². The van der Waals surface area contributed by atoms with Gasteiger partial charge in [0.1, 0.15) is 0 Å². The zero-order valence-electron chi connectivity index (χ0n) is 15.6. The number of carbonyl (C=O) groups is 1. The Morgan fingerprint density at radius 1 is 0.963 bits per heavy atom. The number of ether oxygens (including phenoxy) is 3. The topological polar surface area (TPSA) is 69.9 Å². The van der Waals surface area contributed by atoms with Crippen molar-refractivity contribution >= 4 is 29.0 Å². The summed E-state index contributed by atoms with van der Waals surface area (Å²) in [5.74, 6) is 0.742. The summed E-state index contributed by atoms with van der Waals surface area (Å²) in [5.41, 5.74) is 2.92. The lowest BCUT2D eigenvalue weighted by Gasteiger charge is -2.12. The van der Waals surface area contributed by atoms with Gasteiger partial charge in [-0.2, -0.15) is 0 Å². The maximum atomic E-state index is 11.4. The number of carboxylic acid groups (broad SMARTS) is 1. The molecule has 0 saturated carbocycles. The van der Waals surface area contributed by atoms with Gasteiger partial charge in [0.05, 0.1) is 26.9 Å². The summed E-state index contributed by atoms with van der Waals surface area (Å²) in [7, 11) is 6.54. The van der Waals surface area contributed by atoms with Gasteiger partial charge in [0.2, 0.25) is 5.75 Å². The number of methoxy groups -OCH3 is 3. The quantitative estimate of drug-likeness (QED) is 0.665. The van der Waals surface area contributed by atoms with Crippen molar-refractivity contribution in [1.82, 2.24) is 4.57 Å². The van der Waals surface area contributed by atoms with Crippen molar-refractivity contribution in [3.63, 3.8) is 0 Å². The fourth-order valence-corrected chi connectivity index (χ4v) is 3.07. The molecule has 6 nitrogen and oxygen atoms in total. The van der Waals surface area contributed by atoms with E-state index in [0.717, 1.165) is 16.6 Å². The lowest BCUT2D eigenvalue weighted by Crippen LogP contribution is -1.95. The smallest absolute Gasteiger partial charge is 0.337 e. The first-order valence-corrected chi connectivity index (χ1v) is 8.29. The largest absolute Gasteiger partial charge is 0.493 e. The highest BCUT2D eigenvalue weighted by Gasteiger charge is 2.13. The van der Waals surface area contributed by atoms with Gasteiger partial charge in [-0.3, -0.25) is 0 Å². The van der Waals surface area contributed by atoms with Crippen molar-refractivity contribution < 1.29 is 24.1 Å².